The van der Waals surface area contributed by atoms with Crippen molar-refractivity contribution < 1.29 is 4.79 Å². The molecular weight excluding hydrogens is 224 g/mol. The Morgan fingerprint density at radius 3 is 2.83 bits per heavy atom. The van der Waals surface area contributed by atoms with E-state index in [4.69, 9.17) is 0 Å². The summed E-state index contributed by atoms with van der Waals surface area (Å²) in [6, 6.07) is 0.709. The molecule has 102 valence electrons. The molecule has 18 heavy (non-hydrogen) atoms. The van der Waals surface area contributed by atoms with E-state index >= 15 is 0 Å². The molecule has 0 unspecified atom stereocenters. The van der Waals surface area contributed by atoms with Gasteiger partial charge >= 0.3 is 0 Å². The molecule has 3 heteroatoms. The maximum atomic E-state index is 12.1. The van der Waals surface area contributed by atoms with Gasteiger partial charge in [-0.3, -0.25) is 4.79 Å². The fourth-order valence-electron chi connectivity index (χ4n) is 2.36. The molecule has 0 radical (unpaired) electrons. The van der Waals surface area contributed by atoms with Crippen LogP contribution in [0.4, 0.5) is 0 Å². The van der Waals surface area contributed by atoms with E-state index in [-0.39, 0.29) is 0 Å². The van der Waals surface area contributed by atoms with Crippen LogP contribution in [0.1, 0.15) is 46.0 Å². The zero-order chi connectivity index (χ0) is 13.2. The van der Waals surface area contributed by atoms with Gasteiger partial charge in [-0.25, -0.2) is 0 Å². The maximum absolute atomic E-state index is 12.1. The van der Waals surface area contributed by atoms with E-state index in [0.717, 1.165) is 38.0 Å². The van der Waals surface area contributed by atoms with Gasteiger partial charge < -0.3 is 10.2 Å². The quantitative estimate of drug-likeness (QED) is 0.760. The van der Waals surface area contributed by atoms with E-state index in [1.54, 1.807) is 0 Å². The Bertz CT molecular complexity index is 331. The number of hydrogen-bond acceptors (Lipinski definition) is 2. The third-order valence-electron chi connectivity index (χ3n) is 4.06. The highest BCUT2D eigenvalue weighted by Crippen LogP contribution is 2.30. The van der Waals surface area contributed by atoms with Gasteiger partial charge in [-0.2, -0.15) is 0 Å². The molecule has 2 rings (SSSR count). The third kappa shape index (κ3) is 4.13. The second-order valence-corrected chi connectivity index (χ2v) is 6.63. The highest BCUT2D eigenvalue weighted by atomic mass is 16.2. The maximum Gasteiger partial charge on any atom is 0.222 e. The van der Waals surface area contributed by atoms with Crippen molar-refractivity contribution in [3.8, 4) is 0 Å². The molecule has 0 atom stereocenters. The second kappa shape index (κ2) is 5.43. The molecule has 1 N–H and O–H groups in total. The van der Waals surface area contributed by atoms with Gasteiger partial charge in [0.1, 0.15) is 0 Å². The molecular formula is C15H26N2O. The second-order valence-electron chi connectivity index (χ2n) is 6.63. The molecule has 1 aliphatic carbocycles. The van der Waals surface area contributed by atoms with Crippen molar-refractivity contribution in [2.45, 2.75) is 52.0 Å². The summed E-state index contributed by atoms with van der Waals surface area (Å²) in [6.07, 6.45) is 5.39. The molecule has 1 amide bonds. The first-order chi connectivity index (χ1) is 8.46. The molecule has 2 fully saturated rings. The molecule has 1 saturated heterocycles. The predicted octanol–water partition coefficient (Wildman–Crippen LogP) is 2.33. The minimum Gasteiger partial charge on any atom is -0.339 e. The largest absolute Gasteiger partial charge is 0.339 e. The van der Waals surface area contributed by atoms with Crippen LogP contribution in [0.2, 0.25) is 0 Å². The Labute approximate surface area is 111 Å². The molecule has 1 aliphatic heterocycles. The SMILES string of the molecule is C=C(CNC1CC1)CN1CCC(C)(C)CCC1=O. The number of likely N-dealkylation sites (tertiary alicyclic amines) is 1. The number of carbonyl (C=O) groups is 1. The molecule has 1 saturated carbocycles. The average Bonchev–Trinajstić information content (AvgIpc) is 3.12. The summed E-state index contributed by atoms with van der Waals surface area (Å²) in [4.78, 5) is 14.0. The lowest BCUT2D eigenvalue weighted by Crippen LogP contribution is -2.34. The van der Waals surface area contributed by atoms with Crippen molar-refractivity contribution in [1.82, 2.24) is 10.2 Å². The van der Waals surface area contributed by atoms with E-state index in [2.05, 4.69) is 25.7 Å². The fraction of sp³-hybridized carbons (Fsp3) is 0.800. The van der Waals surface area contributed by atoms with Crippen LogP contribution in [0.15, 0.2) is 12.2 Å². The number of nitrogens with one attached hydrogen (secondary N) is 1. The first-order valence-electron chi connectivity index (χ1n) is 7.14. The van der Waals surface area contributed by atoms with Crippen LogP contribution in [0.25, 0.3) is 0 Å². The monoisotopic (exact) mass is 250 g/mol. The molecule has 0 bridgehead atoms. The van der Waals surface area contributed by atoms with Crippen molar-refractivity contribution in [2.75, 3.05) is 19.6 Å². The lowest BCUT2D eigenvalue weighted by Gasteiger charge is -2.24. The minimum atomic E-state index is 0.299. The summed E-state index contributed by atoms with van der Waals surface area (Å²) in [5.74, 6) is 0.299. The Hall–Kier alpha value is -0.830. The smallest absolute Gasteiger partial charge is 0.222 e. The number of nitrogens with zero attached hydrogens (tertiary/aromatic N) is 1. The van der Waals surface area contributed by atoms with Crippen molar-refractivity contribution in [1.29, 1.82) is 0 Å². The number of hydrogen-bond donors (Lipinski definition) is 1. The van der Waals surface area contributed by atoms with E-state index in [1.165, 1.54) is 12.8 Å². The van der Waals surface area contributed by atoms with Crippen LogP contribution in [-0.2, 0) is 4.79 Å². The zero-order valence-electron chi connectivity index (χ0n) is 11.8. The van der Waals surface area contributed by atoms with Gasteiger partial charge in [-0.05, 0) is 36.7 Å². The molecule has 0 aromatic carbocycles. The minimum absolute atomic E-state index is 0.299. The lowest BCUT2D eigenvalue weighted by atomic mass is 9.85. The average molecular weight is 250 g/mol. The predicted molar refractivity (Wildman–Crippen MR) is 74.4 cm³/mol. The topological polar surface area (TPSA) is 32.3 Å². The first kappa shape index (κ1) is 13.6. The van der Waals surface area contributed by atoms with E-state index in [0.29, 0.717) is 23.8 Å². The standard InChI is InChI=1S/C15H26N2O/c1-12(10-16-13-4-5-13)11-17-9-8-15(2,3)7-6-14(17)18/h13,16H,1,4-11H2,2-3H3. The molecule has 0 aromatic rings. The number of amides is 1. The van der Waals surface area contributed by atoms with E-state index in [9.17, 15) is 4.79 Å². The summed E-state index contributed by atoms with van der Waals surface area (Å²) in [7, 11) is 0. The van der Waals surface area contributed by atoms with Gasteiger partial charge in [0.25, 0.3) is 0 Å². The van der Waals surface area contributed by atoms with Gasteiger partial charge in [0.2, 0.25) is 5.91 Å². The highest BCUT2D eigenvalue weighted by Gasteiger charge is 2.27. The molecule has 2 aliphatic rings. The van der Waals surface area contributed by atoms with Gasteiger partial charge in [0, 0.05) is 32.1 Å². The summed E-state index contributed by atoms with van der Waals surface area (Å²) in [5, 5.41) is 3.46. The van der Waals surface area contributed by atoms with Crippen LogP contribution >= 0.6 is 0 Å². The van der Waals surface area contributed by atoms with Crippen LogP contribution in [0.5, 0.6) is 0 Å². The van der Waals surface area contributed by atoms with Crippen LogP contribution < -0.4 is 5.32 Å². The molecule has 0 aromatic heterocycles. The van der Waals surface area contributed by atoms with Gasteiger partial charge in [-0.15, -0.1) is 0 Å². The molecule has 3 nitrogen and oxygen atoms in total. The highest BCUT2D eigenvalue weighted by molar-refractivity contribution is 5.76. The number of rotatable bonds is 5. The first-order valence-corrected chi connectivity index (χ1v) is 7.14. The Kier molecular flexibility index (Phi) is 4.10. The summed E-state index contributed by atoms with van der Waals surface area (Å²) >= 11 is 0. The Morgan fingerprint density at radius 1 is 1.44 bits per heavy atom. The summed E-state index contributed by atoms with van der Waals surface area (Å²) < 4.78 is 0. The third-order valence-corrected chi connectivity index (χ3v) is 4.06. The van der Waals surface area contributed by atoms with Crippen LogP contribution in [0, 0.1) is 5.41 Å². The normalized spacial score (nSPS) is 23.9. The lowest BCUT2D eigenvalue weighted by molar-refractivity contribution is -0.130. The fourth-order valence-corrected chi connectivity index (χ4v) is 2.36. The van der Waals surface area contributed by atoms with Crippen molar-refractivity contribution in [2.24, 2.45) is 5.41 Å². The Balaban J connectivity index is 1.79. The number of carbonyl (C=O) groups excluding carboxylic acids is 1. The van der Waals surface area contributed by atoms with Crippen molar-refractivity contribution in [3.05, 3.63) is 12.2 Å². The summed E-state index contributed by atoms with van der Waals surface area (Å²) in [5.41, 5.74) is 1.44. The van der Waals surface area contributed by atoms with E-state index < -0.39 is 0 Å². The Morgan fingerprint density at radius 2 is 2.17 bits per heavy atom. The summed E-state index contributed by atoms with van der Waals surface area (Å²) in [6.45, 7) is 11.1. The van der Waals surface area contributed by atoms with Crippen molar-refractivity contribution in [3.63, 3.8) is 0 Å². The van der Waals surface area contributed by atoms with E-state index in [1.807, 2.05) is 4.90 Å². The van der Waals surface area contributed by atoms with Gasteiger partial charge in [0.05, 0.1) is 0 Å². The van der Waals surface area contributed by atoms with Gasteiger partial charge in [0.15, 0.2) is 0 Å². The molecule has 1 heterocycles. The molecule has 0 spiro atoms. The zero-order valence-corrected chi connectivity index (χ0v) is 11.8. The van der Waals surface area contributed by atoms with Crippen molar-refractivity contribution >= 4 is 5.91 Å². The van der Waals surface area contributed by atoms with Crippen LogP contribution in [0.3, 0.4) is 0 Å². The van der Waals surface area contributed by atoms with Gasteiger partial charge in [-0.1, -0.05) is 20.4 Å². The van der Waals surface area contributed by atoms with Crippen LogP contribution in [-0.4, -0.2) is 36.5 Å².